The molecule has 33 heavy (non-hydrogen) atoms. The van der Waals surface area contributed by atoms with Gasteiger partial charge < -0.3 is 10.2 Å². The second-order valence-corrected chi connectivity index (χ2v) is 8.45. The average molecular weight is 442 g/mol. The van der Waals surface area contributed by atoms with Crippen molar-refractivity contribution < 1.29 is 9.18 Å². The normalized spacial score (nSPS) is 12.2. The zero-order chi connectivity index (χ0) is 23.4. The zero-order valence-corrected chi connectivity index (χ0v) is 19.2. The molecule has 0 fully saturated rings. The van der Waals surface area contributed by atoms with E-state index < -0.39 is 0 Å². The molecule has 4 nitrogen and oxygen atoms in total. The van der Waals surface area contributed by atoms with E-state index in [0.717, 1.165) is 38.9 Å². The highest BCUT2D eigenvalue weighted by Gasteiger charge is 2.19. The number of aromatic nitrogens is 1. The molecule has 0 spiro atoms. The van der Waals surface area contributed by atoms with Gasteiger partial charge in [-0.25, -0.2) is 4.39 Å². The molecule has 168 valence electrons. The van der Waals surface area contributed by atoms with E-state index in [0.29, 0.717) is 6.54 Å². The van der Waals surface area contributed by atoms with Gasteiger partial charge in [0.15, 0.2) is 0 Å². The van der Waals surface area contributed by atoms with Crippen molar-refractivity contribution in [1.82, 2.24) is 15.2 Å². The van der Waals surface area contributed by atoms with Crippen LogP contribution in [0, 0.1) is 12.7 Å². The van der Waals surface area contributed by atoms with Crippen LogP contribution < -0.4 is 5.32 Å². The largest absolute Gasteiger partial charge is 0.354 e. The van der Waals surface area contributed by atoms with E-state index in [9.17, 15) is 9.18 Å². The molecule has 0 saturated carbocycles. The molecule has 0 bridgehead atoms. The predicted molar refractivity (Wildman–Crippen MR) is 131 cm³/mol. The predicted octanol–water partition coefficient (Wildman–Crippen LogP) is 5.31. The first-order chi connectivity index (χ1) is 15.9. The molecule has 0 radical (unpaired) electrons. The number of pyridine rings is 1. The second kappa shape index (κ2) is 9.92. The molecule has 0 aliphatic carbocycles. The number of rotatable bonds is 7. The maximum absolute atomic E-state index is 13.7. The summed E-state index contributed by atoms with van der Waals surface area (Å²) in [7, 11) is 3.85. The molecular formula is C28H28FN3O. The van der Waals surface area contributed by atoms with Crippen molar-refractivity contribution in [3.05, 3.63) is 102 Å². The summed E-state index contributed by atoms with van der Waals surface area (Å²) in [5, 5.41) is 4.08. The summed E-state index contributed by atoms with van der Waals surface area (Å²) in [6.07, 6.45) is 0.219. The molecule has 3 aromatic carbocycles. The van der Waals surface area contributed by atoms with Gasteiger partial charge in [0.05, 0.1) is 18.0 Å². The third-order valence-corrected chi connectivity index (χ3v) is 5.95. The number of hydrogen-bond acceptors (Lipinski definition) is 3. The van der Waals surface area contributed by atoms with Gasteiger partial charge in [-0.15, -0.1) is 0 Å². The molecule has 1 aromatic heterocycles. The molecule has 0 aliphatic rings. The van der Waals surface area contributed by atoms with Crippen LogP contribution in [0.1, 0.15) is 22.9 Å². The Hall–Kier alpha value is -3.57. The number of hydrogen-bond donors (Lipinski definition) is 1. The van der Waals surface area contributed by atoms with Gasteiger partial charge in [-0.3, -0.25) is 9.78 Å². The van der Waals surface area contributed by atoms with E-state index in [-0.39, 0.29) is 24.2 Å². The maximum atomic E-state index is 13.7. The highest BCUT2D eigenvalue weighted by Crippen LogP contribution is 2.33. The lowest BCUT2D eigenvalue weighted by Gasteiger charge is -2.25. The minimum Gasteiger partial charge on any atom is -0.354 e. The van der Waals surface area contributed by atoms with Crippen LogP contribution in [0.25, 0.3) is 22.0 Å². The van der Waals surface area contributed by atoms with E-state index in [1.54, 1.807) is 6.07 Å². The number of likely N-dealkylation sites (N-methyl/N-ethyl adjacent to an activating group) is 1. The molecule has 4 rings (SSSR count). The van der Waals surface area contributed by atoms with E-state index >= 15 is 0 Å². The Morgan fingerprint density at radius 1 is 1.00 bits per heavy atom. The lowest BCUT2D eigenvalue weighted by molar-refractivity contribution is -0.120. The third kappa shape index (κ3) is 5.10. The summed E-state index contributed by atoms with van der Waals surface area (Å²) >= 11 is 0. The Kier molecular flexibility index (Phi) is 6.80. The summed E-state index contributed by atoms with van der Waals surface area (Å²) in [5.74, 6) is -0.369. The van der Waals surface area contributed by atoms with Gasteiger partial charge in [-0.1, -0.05) is 60.7 Å². The average Bonchev–Trinajstić information content (AvgIpc) is 2.80. The molecule has 1 heterocycles. The van der Waals surface area contributed by atoms with Crippen molar-refractivity contribution in [2.24, 2.45) is 0 Å². The van der Waals surface area contributed by atoms with Crippen LogP contribution in [0.15, 0.2) is 78.9 Å². The second-order valence-electron chi connectivity index (χ2n) is 8.45. The van der Waals surface area contributed by atoms with Crippen molar-refractivity contribution >= 4 is 16.8 Å². The number of carbonyl (C=O) groups is 1. The third-order valence-electron chi connectivity index (χ3n) is 5.95. The summed E-state index contributed by atoms with van der Waals surface area (Å²) < 4.78 is 13.7. The standard InChI is InChI=1S/C28H28FN3O/c1-19-24(17-27(33)30-18-26(32(2)3)21-12-9-13-22(29)16-21)28(20-10-5-4-6-11-20)23-14-7-8-15-25(23)31-19/h4-16,26H,17-18H2,1-3H3,(H,30,33). The van der Waals surface area contributed by atoms with Crippen LogP contribution in [-0.2, 0) is 11.2 Å². The first-order valence-electron chi connectivity index (χ1n) is 11.1. The van der Waals surface area contributed by atoms with Crippen molar-refractivity contribution in [1.29, 1.82) is 0 Å². The number of carbonyl (C=O) groups excluding carboxylic acids is 1. The molecule has 0 saturated heterocycles. The number of amides is 1. The molecule has 1 unspecified atom stereocenters. The van der Waals surface area contributed by atoms with Crippen LogP contribution in [0.2, 0.25) is 0 Å². The first-order valence-corrected chi connectivity index (χ1v) is 11.1. The van der Waals surface area contributed by atoms with Crippen molar-refractivity contribution in [3.8, 4) is 11.1 Å². The van der Waals surface area contributed by atoms with Gasteiger partial charge >= 0.3 is 0 Å². The summed E-state index contributed by atoms with van der Waals surface area (Å²) in [4.78, 5) is 19.8. The van der Waals surface area contributed by atoms with Crippen LogP contribution in [0.4, 0.5) is 4.39 Å². The SMILES string of the molecule is Cc1nc2ccccc2c(-c2ccccc2)c1CC(=O)NCC(c1cccc(F)c1)N(C)C. The van der Waals surface area contributed by atoms with E-state index in [1.807, 2.05) is 68.4 Å². The number of benzene rings is 3. The fourth-order valence-corrected chi connectivity index (χ4v) is 4.27. The van der Waals surface area contributed by atoms with Gasteiger partial charge in [0, 0.05) is 17.6 Å². The fraction of sp³-hybridized carbons (Fsp3) is 0.214. The number of fused-ring (bicyclic) bond motifs is 1. The van der Waals surface area contributed by atoms with Gasteiger partial charge in [0.25, 0.3) is 0 Å². The smallest absolute Gasteiger partial charge is 0.224 e. The Labute approximate surface area is 194 Å². The Morgan fingerprint density at radius 3 is 2.45 bits per heavy atom. The quantitative estimate of drug-likeness (QED) is 0.423. The summed E-state index contributed by atoms with van der Waals surface area (Å²) in [6, 6.07) is 24.5. The first kappa shape index (κ1) is 22.6. The van der Waals surface area contributed by atoms with Gasteiger partial charge in [0.1, 0.15) is 5.82 Å². The number of para-hydroxylation sites is 1. The number of halogens is 1. The van der Waals surface area contributed by atoms with Crippen molar-refractivity contribution in [2.45, 2.75) is 19.4 Å². The monoisotopic (exact) mass is 441 g/mol. The van der Waals surface area contributed by atoms with Crippen molar-refractivity contribution in [2.75, 3.05) is 20.6 Å². The van der Waals surface area contributed by atoms with E-state index in [4.69, 9.17) is 4.98 Å². The summed E-state index contributed by atoms with van der Waals surface area (Å²) in [6.45, 7) is 2.34. The lowest BCUT2D eigenvalue weighted by atomic mass is 9.92. The van der Waals surface area contributed by atoms with Crippen LogP contribution in [0.5, 0.6) is 0 Å². The minimum absolute atomic E-state index is 0.0874. The molecule has 0 aliphatic heterocycles. The van der Waals surface area contributed by atoms with Crippen LogP contribution in [0.3, 0.4) is 0 Å². The van der Waals surface area contributed by atoms with Gasteiger partial charge in [0.2, 0.25) is 5.91 Å². The minimum atomic E-state index is -0.281. The molecule has 1 amide bonds. The molecule has 1 atom stereocenters. The summed E-state index contributed by atoms with van der Waals surface area (Å²) in [5.41, 5.74) is 5.61. The molecular weight excluding hydrogens is 413 g/mol. The fourth-order valence-electron chi connectivity index (χ4n) is 4.27. The van der Waals surface area contributed by atoms with E-state index in [1.165, 1.54) is 12.1 Å². The molecule has 4 aromatic rings. The van der Waals surface area contributed by atoms with E-state index in [2.05, 4.69) is 23.5 Å². The highest BCUT2D eigenvalue weighted by molar-refractivity contribution is 5.98. The zero-order valence-electron chi connectivity index (χ0n) is 19.2. The van der Waals surface area contributed by atoms with Crippen LogP contribution in [-0.4, -0.2) is 36.4 Å². The van der Waals surface area contributed by atoms with Gasteiger partial charge in [-0.05, 0) is 61.5 Å². The topological polar surface area (TPSA) is 45.2 Å². The molecule has 1 N–H and O–H groups in total. The van der Waals surface area contributed by atoms with Crippen molar-refractivity contribution in [3.63, 3.8) is 0 Å². The number of nitrogens with zero attached hydrogens (tertiary/aromatic N) is 2. The van der Waals surface area contributed by atoms with Crippen LogP contribution >= 0.6 is 0 Å². The lowest BCUT2D eigenvalue weighted by Crippen LogP contribution is -2.35. The highest BCUT2D eigenvalue weighted by atomic mass is 19.1. The number of aryl methyl sites for hydroxylation is 1. The number of nitrogens with one attached hydrogen (secondary N) is 1. The maximum Gasteiger partial charge on any atom is 0.224 e. The Balaban J connectivity index is 1.62. The molecule has 5 heteroatoms. The Bertz CT molecular complexity index is 1270. The van der Waals surface area contributed by atoms with Gasteiger partial charge in [-0.2, -0.15) is 0 Å². The Morgan fingerprint density at radius 2 is 1.73 bits per heavy atom.